The number of rotatable bonds is 5. The molecule has 2 rings (SSSR count). The third-order valence-corrected chi connectivity index (χ3v) is 3.81. The van der Waals surface area contributed by atoms with Crippen LogP contribution in [0.5, 0.6) is 0 Å². The summed E-state index contributed by atoms with van der Waals surface area (Å²) in [5.74, 6) is 0.698. The third-order valence-electron chi connectivity index (χ3n) is 3.81. The number of carbonyl (C=O) groups is 1. The first-order valence-electron chi connectivity index (χ1n) is 6.65. The van der Waals surface area contributed by atoms with E-state index in [2.05, 4.69) is 32.9 Å². The highest BCUT2D eigenvalue weighted by molar-refractivity contribution is 5.86. The quantitative estimate of drug-likeness (QED) is 0.797. The lowest BCUT2D eigenvalue weighted by Crippen LogP contribution is -2.27. The van der Waals surface area contributed by atoms with E-state index in [0.717, 1.165) is 12.8 Å². The molecule has 1 fully saturated rings. The lowest BCUT2D eigenvalue weighted by molar-refractivity contribution is -0.129. The van der Waals surface area contributed by atoms with Crippen LogP contribution in [-0.4, -0.2) is 19.0 Å². The fourth-order valence-corrected chi connectivity index (χ4v) is 2.75. The summed E-state index contributed by atoms with van der Waals surface area (Å²) >= 11 is 0. The number of aryl methyl sites for hydroxylation is 3. The van der Waals surface area contributed by atoms with Gasteiger partial charge in [-0.1, -0.05) is 17.7 Å². The summed E-state index contributed by atoms with van der Waals surface area (Å²) in [5.41, 5.74) is 4.86. The fourth-order valence-electron chi connectivity index (χ4n) is 2.75. The van der Waals surface area contributed by atoms with Crippen molar-refractivity contribution >= 4 is 5.78 Å². The van der Waals surface area contributed by atoms with Crippen LogP contribution in [0.15, 0.2) is 12.1 Å². The molecule has 0 spiro atoms. The van der Waals surface area contributed by atoms with Crippen molar-refractivity contribution in [3.63, 3.8) is 0 Å². The van der Waals surface area contributed by atoms with Crippen LogP contribution in [0.2, 0.25) is 0 Å². The predicted molar refractivity (Wildman–Crippen MR) is 72.9 cm³/mol. The van der Waals surface area contributed by atoms with Crippen LogP contribution in [0.4, 0.5) is 0 Å². The van der Waals surface area contributed by atoms with Gasteiger partial charge in [0.05, 0.1) is 0 Å². The Bertz CT molecular complexity index is 435. The van der Waals surface area contributed by atoms with Gasteiger partial charge in [0.1, 0.15) is 6.10 Å². The first kappa shape index (κ1) is 13.3. The molecule has 1 aliphatic carbocycles. The molecule has 0 radical (unpaired) electrons. The molecule has 1 atom stereocenters. The van der Waals surface area contributed by atoms with Gasteiger partial charge in [0.15, 0.2) is 5.78 Å². The number of benzene rings is 1. The van der Waals surface area contributed by atoms with E-state index in [1.54, 1.807) is 7.11 Å². The first-order chi connectivity index (χ1) is 8.52. The van der Waals surface area contributed by atoms with Crippen LogP contribution in [-0.2, 0) is 16.0 Å². The second kappa shape index (κ2) is 5.23. The van der Waals surface area contributed by atoms with Gasteiger partial charge in [0.2, 0.25) is 0 Å². The van der Waals surface area contributed by atoms with Gasteiger partial charge in [-0.3, -0.25) is 4.79 Å². The Hall–Kier alpha value is -1.15. The summed E-state index contributed by atoms with van der Waals surface area (Å²) in [4.78, 5) is 12.3. The van der Waals surface area contributed by atoms with Gasteiger partial charge in [0.25, 0.3) is 0 Å². The van der Waals surface area contributed by atoms with Crippen LogP contribution >= 0.6 is 0 Å². The minimum atomic E-state index is -0.190. The van der Waals surface area contributed by atoms with Crippen molar-refractivity contribution in [1.82, 2.24) is 0 Å². The molecule has 1 aromatic rings. The van der Waals surface area contributed by atoms with E-state index in [-0.39, 0.29) is 11.9 Å². The molecular weight excluding hydrogens is 224 g/mol. The molecule has 0 N–H and O–H groups in total. The molecule has 0 saturated heterocycles. The Balaban J connectivity index is 2.15. The van der Waals surface area contributed by atoms with Gasteiger partial charge in [-0.05, 0) is 56.2 Å². The van der Waals surface area contributed by atoms with Gasteiger partial charge in [0, 0.05) is 13.5 Å². The number of carbonyl (C=O) groups excluding carboxylic acids is 1. The highest BCUT2D eigenvalue weighted by Gasteiger charge is 2.36. The van der Waals surface area contributed by atoms with E-state index < -0.39 is 0 Å². The van der Waals surface area contributed by atoms with Gasteiger partial charge in [-0.25, -0.2) is 0 Å². The van der Waals surface area contributed by atoms with Crippen molar-refractivity contribution in [1.29, 1.82) is 0 Å². The topological polar surface area (TPSA) is 26.3 Å². The molecule has 0 bridgehead atoms. The lowest BCUT2D eigenvalue weighted by Gasteiger charge is -2.16. The molecule has 1 aromatic carbocycles. The van der Waals surface area contributed by atoms with Crippen molar-refractivity contribution in [3.8, 4) is 0 Å². The van der Waals surface area contributed by atoms with Crippen LogP contribution in [0.3, 0.4) is 0 Å². The van der Waals surface area contributed by atoms with Crippen LogP contribution < -0.4 is 0 Å². The van der Waals surface area contributed by atoms with Crippen molar-refractivity contribution in [3.05, 3.63) is 34.4 Å². The predicted octanol–water partition coefficient (Wildman–Crippen LogP) is 3.15. The van der Waals surface area contributed by atoms with Crippen molar-refractivity contribution in [2.75, 3.05) is 7.11 Å². The van der Waals surface area contributed by atoms with Crippen LogP contribution in [0.25, 0.3) is 0 Å². The van der Waals surface area contributed by atoms with Crippen molar-refractivity contribution < 1.29 is 9.53 Å². The van der Waals surface area contributed by atoms with E-state index in [1.807, 2.05) is 0 Å². The van der Waals surface area contributed by atoms with Gasteiger partial charge in [-0.2, -0.15) is 0 Å². The molecule has 1 saturated carbocycles. The molecule has 0 aliphatic heterocycles. The van der Waals surface area contributed by atoms with Crippen molar-refractivity contribution in [2.24, 2.45) is 5.92 Å². The molecule has 1 aliphatic rings. The van der Waals surface area contributed by atoms with E-state index in [1.165, 1.54) is 22.3 Å². The minimum Gasteiger partial charge on any atom is -0.373 e. The van der Waals surface area contributed by atoms with Gasteiger partial charge < -0.3 is 4.74 Å². The maximum Gasteiger partial charge on any atom is 0.166 e. The Labute approximate surface area is 109 Å². The summed E-state index contributed by atoms with van der Waals surface area (Å²) in [5, 5.41) is 0. The number of ketones is 1. The first-order valence-corrected chi connectivity index (χ1v) is 6.65. The molecule has 1 unspecified atom stereocenters. The van der Waals surface area contributed by atoms with Gasteiger partial charge in [-0.15, -0.1) is 0 Å². The number of ether oxygens (including phenoxy) is 1. The normalized spacial score (nSPS) is 16.7. The zero-order valence-electron chi connectivity index (χ0n) is 11.7. The highest BCUT2D eigenvalue weighted by atomic mass is 16.5. The van der Waals surface area contributed by atoms with Crippen LogP contribution in [0.1, 0.15) is 35.1 Å². The SMILES string of the molecule is COC(C(=O)Cc1c(C)cc(C)cc1C)C1CC1. The Kier molecular flexibility index (Phi) is 3.86. The number of hydrogen-bond acceptors (Lipinski definition) is 2. The lowest BCUT2D eigenvalue weighted by atomic mass is 9.93. The standard InChI is InChI=1S/C16H22O2/c1-10-7-11(2)14(12(3)8-10)9-15(17)16(18-4)13-5-6-13/h7-8,13,16H,5-6,9H2,1-4H3. The minimum absolute atomic E-state index is 0.190. The fraction of sp³-hybridized carbons (Fsp3) is 0.562. The number of methoxy groups -OCH3 is 1. The average Bonchev–Trinajstić information content (AvgIpc) is 3.08. The Morgan fingerprint density at radius 2 is 1.83 bits per heavy atom. The zero-order chi connectivity index (χ0) is 13.3. The maximum atomic E-state index is 12.3. The van der Waals surface area contributed by atoms with E-state index >= 15 is 0 Å². The summed E-state index contributed by atoms with van der Waals surface area (Å²) in [6.45, 7) is 6.26. The average molecular weight is 246 g/mol. The molecular formula is C16H22O2. The zero-order valence-corrected chi connectivity index (χ0v) is 11.7. The summed E-state index contributed by atoms with van der Waals surface area (Å²) < 4.78 is 5.36. The Morgan fingerprint density at radius 1 is 1.28 bits per heavy atom. The van der Waals surface area contributed by atoms with E-state index in [4.69, 9.17) is 4.74 Å². The Morgan fingerprint density at radius 3 is 2.28 bits per heavy atom. The summed E-state index contributed by atoms with van der Waals surface area (Å²) in [7, 11) is 1.65. The molecule has 98 valence electrons. The third kappa shape index (κ3) is 2.81. The van der Waals surface area contributed by atoms with Crippen LogP contribution in [0, 0.1) is 26.7 Å². The molecule has 0 aromatic heterocycles. The molecule has 2 nitrogen and oxygen atoms in total. The van der Waals surface area contributed by atoms with E-state index in [9.17, 15) is 4.79 Å². The smallest absolute Gasteiger partial charge is 0.166 e. The molecule has 18 heavy (non-hydrogen) atoms. The molecule has 0 heterocycles. The number of Topliss-reactive ketones (excluding diaryl/α,β-unsaturated/α-hetero) is 1. The highest BCUT2D eigenvalue weighted by Crippen LogP contribution is 2.35. The van der Waals surface area contributed by atoms with Gasteiger partial charge >= 0.3 is 0 Å². The largest absolute Gasteiger partial charge is 0.373 e. The second-order valence-corrected chi connectivity index (χ2v) is 5.51. The second-order valence-electron chi connectivity index (χ2n) is 5.51. The summed E-state index contributed by atoms with van der Waals surface area (Å²) in [6, 6.07) is 4.29. The van der Waals surface area contributed by atoms with Crippen molar-refractivity contribution in [2.45, 2.75) is 46.1 Å². The van der Waals surface area contributed by atoms with E-state index in [0.29, 0.717) is 12.3 Å². The summed E-state index contributed by atoms with van der Waals surface area (Å²) in [6.07, 6.45) is 2.59. The molecule has 0 amide bonds. The number of hydrogen-bond donors (Lipinski definition) is 0. The maximum absolute atomic E-state index is 12.3. The monoisotopic (exact) mass is 246 g/mol. The molecule has 2 heteroatoms.